The van der Waals surface area contributed by atoms with Gasteiger partial charge in [-0.1, -0.05) is 79.1 Å². The van der Waals surface area contributed by atoms with Gasteiger partial charge in [-0.15, -0.1) is 0 Å². The topological polar surface area (TPSA) is 133 Å². The van der Waals surface area contributed by atoms with Gasteiger partial charge in [0.2, 0.25) is 0 Å². The molecule has 2 atom stereocenters. The fourth-order valence-corrected chi connectivity index (χ4v) is 6.77. The van der Waals surface area contributed by atoms with E-state index in [0.717, 1.165) is 46.4 Å². The standard InChI is InChI=1S/2C10H20O2S.2C6H11O2.Sn/c2*1-8(2)6-4-3-5-7-9(13)10(11)12;2*1-4-6(7)8-5(2)3;/h2*8-9,13H,3-7H2,1-2H3,(H,11,12);2*5H,1,4H2,2-3H3;/q;;;;+2/p-2. The molecular weight excluding hydrogens is 695 g/mol. The Kier molecular flexibility index (Phi) is 34.1. The van der Waals surface area contributed by atoms with Crippen molar-refractivity contribution < 1.29 is 38.9 Å². The van der Waals surface area contributed by atoms with Gasteiger partial charge in [-0.05, 0) is 24.7 Å². The molecule has 0 radical (unpaired) electrons. The molecule has 0 rings (SSSR count). The summed E-state index contributed by atoms with van der Waals surface area (Å²) in [5, 5.41) is 19.4. The van der Waals surface area contributed by atoms with E-state index in [1.165, 1.54) is 25.7 Å². The number of rotatable bonds is 22. The number of carbonyl (C=O) groups is 4. The Labute approximate surface area is 283 Å². The molecule has 0 amide bonds. The second-order valence-corrected chi connectivity index (χ2v) is 17.6. The summed E-state index contributed by atoms with van der Waals surface area (Å²) in [5.41, 5.74) is 0. The van der Waals surface area contributed by atoms with Crippen LogP contribution < -0.4 is 10.2 Å². The van der Waals surface area contributed by atoms with Gasteiger partial charge in [-0.2, -0.15) is 25.3 Å². The van der Waals surface area contributed by atoms with Crippen molar-refractivity contribution in [3.8, 4) is 0 Å². The Morgan fingerprint density at radius 1 is 0.558 bits per heavy atom. The molecule has 8 nitrogen and oxygen atoms in total. The number of hydrogen-bond acceptors (Lipinski definition) is 10. The molecule has 0 aromatic rings. The summed E-state index contributed by atoms with van der Waals surface area (Å²) in [7, 11) is 0. The molecular formula is C32H60O8S2Sn. The number of carbonyl (C=O) groups excluding carboxylic acids is 4. The average molecular weight is 756 g/mol. The number of esters is 2. The molecule has 0 saturated heterocycles. The maximum absolute atomic E-state index is 11.2. The molecule has 0 saturated carbocycles. The van der Waals surface area contributed by atoms with Gasteiger partial charge in [-0.3, -0.25) is 0 Å². The van der Waals surface area contributed by atoms with Crippen LogP contribution in [0.25, 0.3) is 0 Å². The first-order valence-electron chi connectivity index (χ1n) is 15.9. The summed E-state index contributed by atoms with van der Waals surface area (Å²) in [6.07, 6.45) is 11.1. The predicted molar refractivity (Wildman–Crippen MR) is 178 cm³/mol. The average Bonchev–Trinajstić information content (AvgIpc) is 2.87. The van der Waals surface area contributed by atoms with Gasteiger partial charge in [0.15, 0.2) is 0 Å². The molecule has 11 heteroatoms. The fourth-order valence-electron chi connectivity index (χ4n) is 3.52. The van der Waals surface area contributed by atoms with Crippen molar-refractivity contribution in [2.45, 2.75) is 164 Å². The van der Waals surface area contributed by atoms with E-state index in [0.29, 0.717) is 25.7 Å². The molecule has 43 heavy (non-hydrogen) atoms. The van der Waals surface area contributed by atoms with Crippen LogP contribution in [-0.4, -0.2) is 67.7 Å². The van der Waals surface area contributed by atoms with Crippen molar-refractivity contribution >= 4 is 70.3 Å². The summed E-state index contributed by atoms with van der Waals surface area (Å²) in [4.78, 5) is 43.0. The first-order valence-corrected chi connectivity index (χ1v) is 20.9. The van der Waals surface area contributed by atoms with Gasteiger partial charge in [0, 0.05) is 10.5 Å². The molecule has 0 aliphatic carbocycles. The number of unbranched alkanes of at least 4 members (excludes halogenated alkanes) is 4. The van der Waals surface area contributed by atoms with E-state index in [4.69, 9.17) is 9.47 Å². The number of thiol groups is 2. The number of aliphatic carboxylic acids is 2. The van der Waals surface area contributed by atoms with Crippen molar-refractivity contribution in [3.05, 3.63) is 0 Å². The molecule has 2 unspecified atom stereocenters. The van der Waals surface area contributed by atoms with E-state index >= 15 is 0 Å². The van der Waals surface area contributed by atoms with Crippen molar-refractivity contribution in [3.63, 3.8) is 0 Å². The van der Waals surface area contributed by atoms with E-state index in [-0.39, 0.29) is 24.1 Å². The molecule has 0 heterocycles. The number of ether oxygens (including phenoxy) is 2. The summed E-state index contributed by atoms with van der Waals surface area (Å²) < 4.78 is 11.9. The third-order valence-corrected chi connectivity index (χ3v) is 10.2. The molecule has 252 valence electrons. The van der Waals surface area contributed by atoms with Crippen LogP contribution in [0.1, 0.15) is 132 Å². The second-order valence-electron chi connectivity index (χ2n) is 12.1. The van der Waals surface area contributed by atoms with E-state index in [1.54, 1.807) is 0 Å². The molecule has 0 N–H and O–H groups in total. The first-order chi connectivity index (χ1) is 20.0. The monoisotopic (exact) mass is 756 g/mol. The first kappa shape index (κ1) is 46.8. The van der Waals surface area contributed by atoms with Crippen LogP contribution in [0.5, 0.6) is 0 Å². The molecule has 0 aromatic heterocycles. The fraction of sp³-hybridized carbons (Fsp3) is 0.875. The molecule has 0 fully saturated rings. The van der Waals surface area contributed by atoms with E-state index in [1.807, 2.05) is 27.7 Å². The van der Waals surface area contributed by atoms with Gasteiger partial charge in [0.25, 0.3) is 0 Å². The zero-order valence-electron chi connectivity index (χ0n) is 28.0. The summed E-state index contributed by atoms with van der Waals surface area (Å²) >= 11 is 7.20. The van der Waals surface area contributed by atoms with Gasteiger partial charge >= 0.3 is 114 Å². The Hall–Kier alpha value is -0.621. The number of hydrogen-bond donors (Lipinski definition) is 2. The Morgan fingerprint density at radius 3 is 1.12 bits per heavy atom. The zero-order chi connectivity index (χ0) is 33.8. The van der Waals surface area contributed by atoms with Crippen LogP contribution in [0.15, 0.2) is 0 Å². The predicted octanol–water partition coefficient (Wildman–Crippen LogP) is 5.49. The minimum absolute atomic E-state index is 0.0334. The zero-order valence-corrected chi connectivity index (χ0v) is 32.7. The normalized spacial score (nSPS) is 12.0. The van der Waals surface area contributed by atoms with Gasteiger partial charge in [-0.25, -0.2) is 0 Å². The van der Waals surface area contributed by atoms with E-state index in [9.17, 15) is 29.4 Å². The quantitative estimate of drug-likeness (QED) is 0.0642. The third-order valence-electron chi connectivity index (χ3n) is 5.81. The molecule has 0 aliphatic rings. The molecule has 0 aliphatic heterocycles. The van der Waals surface area contributed by atoms with Crippen LogP contribution in [0.4, 0.5) is 0 Å². The van der Waals surface area contributed by atoms with Crippen LogP contribution in [0.2, 0.25) is 8.87 Å². The van der Waals surface area contributed by atoms with Gasteiger partial charge in [0.05, 0.1) is 11.9 Å². The Morgan fingerprint density at radius 2 is 0.860 bits per heavy atom. The van der Waals surface area contributed by atoms with E-state index in [2.05, 4.69) is 53.0 Å². The number of carboxylic acid groups (broad SMARTS) is 2. The summed E-state index contributed by atoms with van der Waals surface area (Å²) in [6.45, 7) is 16.2. The Bertz CT molecular complexity index is 659. The van der Waals surface area contributed by atoms with Crippen LogP contribution in [0.3, 0.4) is 0 Å². The molecule has 0 spiro atoms. The van der Waals surface area contributed by atoms with Crippen molar-refractivity contribution in [1.82, 2.24) is 0 Å². The van der Waals surface area contributed by atoms with Crippen LogP contribution in [0, 0.1) is 11.8 Å². The van der Waals surface area contributed by atoms with Gasteiger partial charge in [0.1, 0.15) is 0 Å². The van der Waals surface area contributed by atoms with Crippen LogP contribution >= 0.6 is 25.3 Å². The Balaban J connectivity index is -0.000000566. The third kappa shape index (κ3) is 41.4. The van der Waals surface area contributed by atoms with Crippen LogP contribution in [-0.2, 0) is 28.7 Å². The van der Waals surface area contributed by atoms with Crippen molar-refractivity contribution in [2.75, 3.05) is 0 Å². The number of carboxylic acids is 2. The van der Waals surface area contributed by atoms with E-state index < -0.39 is 43.6 Å². The maximum atomic E-state index is 11.2. The summed E-state index contributed by atoms with van der Waals surface area (Å²) in [5.74, 6) is -0.850. The SMILES string of the molecule is CC(C)CCCCCC(S)C(=O)[O-].CC(C)CCCCCC(S)C(=O)[O-].CC(C)OC(=O)C[CH2][Sn+2][CH2]CC(=O)OC(C)C. The minimum atomic E-state index is -1.05. The second kappa shape index (κ2) is 31.4. The molecule has 0 aromatic carbocycles. The summed E-state index contributed by atoms with van der Waals surface area (Å²) in [6, 6.07) is 0. The van der Waals surface area contributed by atoms with Crippen molar-refractivity contribution in [2.24, 2.45) is 11.8 Å². The van der Waals surface area contributed by atoms with Gasteiger partial charge < -0.3 is 19.8 Å². The van der Waals surface area contributed by atoms with Crippen molar-refractivity contribution in [1.29, 1.82) is 0 Å². The molecule has 0 bridgehead atoms.